The highest BCUT2D eigenvalue weighted by molar-refractivity contribution is 5.20. The molecule has 0 N–H and O–H groups in total. The van der Waals surface area contributed by atoms with Crippen LogP contribution in [0.3, 0.4) is 0 Å². The molecular formula is C9H8FO. The van der Waals surface area contributed by atoms with Gasteiger partial charge in [-0.2, -0.15) is 0 Å². The Hall–Kier alpha value is -1.31. The summed E-state index contributed by atoms with van der Waals surface area (Å²) in [6.07, 6.45) is 1.60. The fourth-order valence-corrected chi connectivity index (χ4v) is 0.650. The molecule has 1 aromatic carbocycles. The van der Waals surface area contributed by atoms with Crippen LogP contribution in [0.5, 0.6) is 5.75 Å². The van der Waals surface area contributed by atoms with Crippen molar-refractivity contribution in [2.24, 2.45) is 0 Å². The summed E-state index contributed by atoms with van der Waals surface area (Å²) >= 11 is 0. The normalized spacial score (nSPS) is 9.18. The third-order valence-electron chi connectivity index (χ3n) is 1.09. The zero-order chi connectivity index (χ0) is 8.10. The highest BCUT2D eigenvalue weighted by Crippen LogP contribution is 2.10. The Labute approximate surface area is 65.1 Å². The molecule has 11 heavy (non-hydrogen) atoms. The zero-order valence-electron chi connectivity index (χ0n) is 6.01. The van der Waals surface area contributed by atoms with E-state index in [9.17, 15) is 4.39 Å². The van der Waals surface area contributed by atoms with Crippen molar-refractivity contribution in [3.05, 3.63) is 42.7 Å². The van der Waals surface area contributed by atoms with Gasteiger partial charge in [-0.05, 0) is 12.1 Å². The van der Waals surface area contributed by atoms with Crippen LogP contribution in [0.25, 0.3) is 0 Å². The number of benzene rings is 1. The smallest absolute Gasteiger partial charge is 0.130 e. The van der Waals surface area contributed by atoms with Crippen molar-refractivity contribution in [1.29, 1.82) is 0 Å². The van der Waals surface area contributed by atoms with Crippen molar-refractivity contribution in [2.75, 3.05) is 6.61 Å². The Balaban J connectivity index is 2.63. The third kappa shape index (κ3) is 2.42. The van der Waals surface area contributed by atoms with Crippen LogP contribution in [0.2, 0.25) is 0 Å². The first-order valence-electron chi connectivity index (χ1n) is 3.24. The van der Waals surface area contributed by atoms with Crippen molar-refractivity contribution >= 4 is 0 Å². The van der Waals surface area contributed by atoms with E-state index in [0.717, 1.165) is 0 Å². The molecule has 0 saturated carbocycles. The molecule has 0 heterocycles. The summed E-state index contributed by atoms with van der Waals surface area (Å²) in [7, 11) is 0. The Morgan fingerprint density at radius 3 is 3.18 bits per heavy atom. The van der Waals surface area contributed by atoms with Gasteiger partial charge in [0.2, 0.25) is 0 Å². The van der Waals surface area contributed by atoms with Gasteiger partial charge in [0.15, 0.2) is 0 Å². The monoisotopic (exact) mass is 151 g/mol. The first-order valence-corrected chi connectivity index (χ1v) is 3.24. The molecule has 1 radical (unpaired) electrons. The van der Waals surface area contributed by atoms with Crippen molar-refractivity contribution in [1.82, 2.24) is 0 Å². The van der Waals surface area contributed by atoms with Crippen LogP contribution in [-0.2, 0) is 0 Å². The van der Waals surface area contributed by atoms with E-state index in [2.05, 4.69) is 12.6 Å². The van der Waals surface area contributed by atoms with Gasteiger partial charge in [-0.1, -0.05) is 12.7 Å². The van der Waals surface area contributed by atoms with E-state index < -0.39 is 0 Å². The maximum Gasteiger partial charge on any atom is 0.130 e. The van der Waals surface area contributed by atoms with Gasteiger partial charge < -0.3 is 4.74 Å². The largest absolute Gasteiger partial charge is 0.489 e. The molecule has 0 unspecified atom stereocenters. The predicted octanol–water partition coefficient (Wildman–Crippen LogP) is 2.19. The maximum atomic E-state index is 12.5. The molecule has 0 atom stereocenters. The van der Waals surface area contributed by atoms with Gasteiger partial charge in [0, 0.05) is 12.1 Å². The minimum atomic E-state index is -0.317. The van der Waals surface area contributed by atoms with Gasteiger partial charge >= 0.3 is 0 Å². The summed E-state index contributed by atoms with van der Waals surface area (Å²) in [5.41, 5.74) is 0. The zero-order valence-corrected chi connectivity index (χ0v) is 6.01. The quantitative estimate of drug-likeness (QED) is 0.601. The molecule has 2 heteroatoms. The molecule has 0 bridgehead atoms. The van der Waals surface area contributed by atoms with E-state index in [1.54, 1.807) is 6.08 Å². The molecule has 1 rings (SSSR count). The third-order valence-corrected chi connectivity index (χ3v) is 1.09. The first kappa shape index (κ1) is 7.79. The molecule has 0 saturated heterocycles. The highest BCUT2D eigenvalue weighted by atomic mass is 19.1. The molecule has 1 nitrogen and oxygen atoms in total. The molecule has 0 spiro atoms. The van der Waals surface area contributed by atoms with Crippen LogP contribution in [0.1, 0.15) is 0 Å². The summed E-state index contributed by atoms with van der Waals surface area (Å²) in [6.45, 7) is 3.84. The highest BCUT2D eigenvalue weighted by Gasteiger charge is 1.93. The average Bonchev–Trinajstić information content (AvgIpc) is 2.01. The Morgan fingerprint density at radius 1 is 1.73 bits per heavy atom. The predicted molar refractivity (Wildman–Crippen MR) is 40.9 cm³/mol. The van der Waals surface area contributed by atoms with Crippen molar-refractivity contribution in [3.63, 3.8) is 0 Å². The van der Waals surface area contributed by atoms with E-state index >= 15 is 0 Å². The van der Waals surface area contributed by atoms with E-state index in [1.807, 2.05) is 0 Å². The summed E-state index contributed by atoms with van der Waals surface area (Å²) in [5, 5.41) is 0. The molecule has 0 fully saturated rings. The van der Waals surface area contributed by atoms with E-state index in [0.29, 0.717) is 12.4 Å². The SMILES string of the molecule is C=CCOc1[c]ccc(F)c1. The lowest BCUT2D eigenvalue weighted by molar-refractivity contribution is 0.360. The second-order valence-electron chi connectivity index (χ2n) is 1.97. The minimum Gasteiger partial charge on any atom is -0.489 e. The first-order chi connectivity index (χ1) is 5.33. The van der Waals surface area contributed by atoms with E-state index in [-0.39, 0.29) is 5.82 Å². The summed E-state index contributed by atoms with van der Waals surface area (Å²) in [6, 6.07) is 6.82. The van der Waals surface area contributed by atoms with Gasteiger partial charge in [-0.25, -0.2) is 4.39 Å². The molecule has 0 amide bonds. The van der Waals surface area contributed by atoms with Gasteiger partial charge in [0.05, 0.1) is 0 Å². The summed E-state index contributed by atoms with van der Waals surface area (Å²) in [5.74, 6) is 0.0905. The lowest BCUT2D eigenvalue weighted by Gasteiger charge is -2.00. The molecule has 1 aromatic rings. The fourth-order valence-electron chi connectivity index (χ4n) is 0.650. The average molecular weight is 151 g/mol. The van der Waals surface area contributed by atoms with Crippen LogP contribution in [0.4, 0.5) is 4.39 Å². The molecular weight excluding hydrogens is 143 g/mol. The van der Waals surface area contributed by atoms with E-state index in [4.69, 9.17) is 4.74 Å². The van der Waals surface area contributed by atoms with Crippen molar-refractivity contribution in [3.8, 4) is 5.75 Å². The lowest BCUT2D eigenvalue weighted by Crippen LogP contribution is -1.92. The van der Waals surface area contributed by atoms with Gasteiger partial charge in [-0.15, -0.1) is 0 Å². The summed E-state index contributed by atoms with van der Waals surface area (Å²) in [4.78, 5) is 0. The number of hydrogen-bond acceptors (Lipinski definition) is 1. The maximum absolute atomic E-state index is 12.5. The number of hydrogen-bond donors (Lipinski definition) is 0. The number of rotatable bonds is 3. The molecule has 57 valence electrons. The number of ether oxygens (including phenoxy) is 1. The minimum absolute atomic E-state index is 0.317. The molecule has 0 aliphatic carbocycles. The second-order valence-corrected chi connectivity index (χ2v) is 1.97. The number of halogens is 1. The lowest BCUT2D eigenvalue weighted by atomic mass is 10.3. The van der Waals surface area contributed by atoms with E-state index in [1.165, 1.54) is 18.2 Å². The second kappa shape index (κ2) is 3.76. The molecule has 0 aromatic heterocycles. The van der Waals surface area contributed by atoms with Crippen LogP contribution in [0.15, 0.2) is 30.9 Å². The van der Waals surface area contributed by atoms with Gasteiger partial charge in [0.1, 0.15) is 18.2 Å². The Kier molecular flexibility index (Phi) is 2.66. The van der Waals surface area contributed by atoms with Crippen molar-refractivity contribution < 1.29 is 9.13 Å². The fraction of sp³-hybridized carbons (Fsp3) is 0.111. The topological polar surface area (TPSA) is 9.23 Å². The van der Waals surface area contributed by atoms with Gasteiger partial charge in [0.25, 0.3) is 0 Å². The van der Waals surface area contributed by atoms with Crippen LogP contribution < -0.4 is 4.74 Å². The standard InChI is InChI=1S/C9H8FO/c1-2-6-11-9-5-3-4-8(10)7-9/h2-4,7H,1,6H2. The van der Waals surface area contributed by atoms with Crippen molar-refractivity contribution in [2.45, 2.75) is 0 Å². The molecule has 0 aliphatic rings. The van der Waals surface area contributed by atoms with Crippen LogP contribution in [0, 0.1) is 11.9 Å². The Bertz CT molecular complexity index is 245. The summed E-state index contributed by atoms with van der Waals surface area (Å²) < 4.78 is 17.5. The van der Waals surface area contributed by atoms with Gasteiger partial charge in [-0.3, -0.25) is 0 Å². The van der Waals surface area contributed by atoms with Crippen LogP contribution >= 0.6 is 0 Å². The molecule has 0 aliphatic heterocycles. The Morgan fingerprint density at radius 2 is 2.55 bits per heavy atom. The van der Waals surface area contributed by atoms with Crippen LogP contribution in [-0.4, -0.2) is 6.61 Å².